The maximum Gasteiger partial charge on any atom is 0.338 e. The van der Waals surface area contributed by atoms with Gasteiger partial charge in [-0.1, -0.05) is 157 Å². The van der Waals surface area contributed by atoms with Crippen LogP contribution < -0.4 is 0 Å². The third-order valence-corrected chi connectivity index (χ3v) is 7.07. The molecule has 0 aliphatic heterocycles. The Labute approximate surface area is 219 Å². The highest BCUT2D eigenvalue weighted by molar-refractivity contribution is 5.92. The van der Waals surface area contributed by atoms with Crippen LogP contribution >= 0.6 is 0 Å². The van der Waals surface area contributed by atoms with E-state index < -0.39 is 0 Å². The lowest BCUT2D eigenvalue weighted by atomic mass is 9.73. The largest absolute Gasteiger partial charge is 0.462 e. The molecule has 0 aromatic heterocycles. The second kappa shape index (κ2) is 17.2. The number of hydrogen-bond donors (Lipinski definition) is 0. The second-order valence-corrected chi connectivity index (χ2v) is 12.7. The zero-order valence-electron chi connectivity index (χ0n) is 24.6. The molecular weight excluding hydrogens is 428 g/mol. The van der Waals surface area contributed by atoms with Gasteiger partial charge in [-0.3, -0.25) is 0 Å². The molecular formula is C33H58O2. The molecule has 35 heavy (non-hydrogen) atoms. The summed E-state index contributed by atoms with van der Waals surface area (Å²) in [6, 6.07) is 6.10. The molecule has 1 aromatic rings. The highest BCUT2D eigenvalue weighted by Gasteiger charge is 2.30. The summed E-state index contributed by atoms with van der Waals surface area (Å²) in [5.74, 6) is -0.165. The smallest absolute Gasteiger partial charge is 0.338 e. The third kappa shape index (κ3) is 13.5. The Morgan fingerprint density at radius 3 is 1.46 bits per heavy atom. The zero-order chi connectivity index (χ0) is 26.2. The number of rotatable bonds is 18. The average molecular weight is 487 g/mol. The van der Waals surface area contributed by atoms with Gasteiger partial charge in [-0.15, -0.1) is 0 Å². The van der Waals surface area contributed by atoms with E-state index in [1.54, 1.807) is 0 Å². The van der Waals surface area contributed by atoms with Crippen LogP contribution in [0, 0.1) is 0 Å². The lowest BCUT2D eigenvalue weighted by molar-refractivity contribution is 0.0494. The number of benzene rings is 1. The van der Waals surface area contributed by atoms with Gasteiger partial charge in [0.2, 0.25) is 0 Å². The van der Waals surface area contributed by atoms with Gasteiger partial charge in [-0.05, 0) is 34.4 Å². The van der Waals surface area contributed by atoms with Crippen LogP contribution in [0.1, 0.15) is 173 Å². The molecule has 0 spiro atoms. The van der Waals surface area contributed by atoms with Gasteiger partial charge >= 0.3 is 5.97 Å². The minimum atomic E-state index is -0.165. The zero-order valence-corrected chi connectivity index (χ0v) is 24.6. The van der Waals surface area contributed by atoms with E-state index in [1.807, 2.05) is 12.1 Å². The molecule has 0 aliphatic rings. The number of carbonyl (C=O) groups excluding carboxylic acids is 1. The molecule has 0 fully saturated rings. The summed E-state index contributed by atoms with van der Waals surface area (Å²) in [6.45, 7) is 16.0. The van der Waals surface area contributed by atoms with Crippen LogP contribution in [-0.4, -0.2) is 12.6 Å². The normalized spacial score (nSPS) is 12.2. The lowest BCUT2D eigenvalue weighted by Gasteiger charge is -2.31. The molecule has 0 saturated carbocycles. The van der Waals surface area contributed by atoms with Crippen molar-refractivity contribution in [3.05, 3.63) is 34.9 Å². The van der Waals surface area contributed by atoms with Crippen molar-refractivity contribution in [1.82, 2.24) is 0 Å². The van der Waals surface area contributed by atoms with E-state index in [1.165, 1.54) is 95.5 Å². The molecule has 0 N–H and O–H groups in total. The maximum atomic E-state index is 12.9. The summed E-state index contributed by atoms with van der Waals surface area (Å²) in [6.07, 6.45) is 21.6. The topological polar surface area (TPSA) is 26.3 Å². The van der Waals surface area contributed by atoms with Gasteiger partial charge in [0.1, 0.15) is 0 Å². The first-order chi connectivity index (χ1) is 16.6. The average Bonchev–Trinajstić information content (AvgIpc) is 2.79. The molecule has 0 bridgehead atoms. The van der Waals surface area contributed by atoms with Crippen molar-refractivity contribution in [2.24, 2.45) is 0 Å². The Hall–Kier alpha value is -1.31. The van der Waals surface area contributed by atoms with Crippen LogP contribution in [0.25, 0.3) is 0 Å². The Bertz CT molecular complexity index is 690. The van der Waals surface area contributed by atoms with Gasteiger partial charge in [-0.25, -0.2) is 4.79 Å². The van der Waals surface area contributed by atoms with Crippen LogP contribution in [0.5, 0.6) is 0 Å². The minimum Gasteiger partial charge on any atom is -0.462 e. The molecule has 1 rings (SSSR count). The number of ether oxygens (including phenoxy) is 1. The van der Waals surface area contributed by atoms with E-state index in [4.69, 9.17) is 4.74 Å². The summed E-state index contributed by atoms with van der Waals surface area (Å²) < 4.78 is 5.71. The summed E-state index contributed by atoms with van der Waals surface area (Å²) in [5, 5.41) is 0. The first-order valence-electron chi connectivity index (χ1n) is 14.9. The molecule has 0 unspecified atom stereocenters. The van der Waals surface area contributed by atoms with E-state index in [0.717, 1.165) is 24.0 Å². The van der Waals surface area contributed by atoms with E-state index in [9.17, 15) is 4.79 Å². The molecule has 0 radical (unpaired) electrons. The summed E-state index contributed by atoms with van der Waals surface area (Å²) >= 11 is 0. The van der Waals surface area contributed by atoms with Crippen LogP contribution in [0.4, 0.5) is 0 Å². The molecule has 0 heterocycles. The van der Waals surface area contributed by atoms with Crippen LogP contribution in [0.3, 0.4) is 0 Å². The molecule has 2 heteroatoms. The molecule has 0 saturated heterocycles. The van der Waals surface area contributed by atoms with Gasteiger partial charge in [0.25, 0.3) is 0 Å². The van der Waals surface area contributed by atoms with Crippen molar-refractivity contribution in [3.63, 3.8) is 0 Å². The van der Waals surface area contributed by atoms with Crippen molar-refractivity contribution in [3.8, 4) is 0 Å². The van der Waals surface area contributed by atoms with E-state index in [0.29, 0.717) is 6.61 Å². The first-order valence-corrected chi connectivity index (χ1v) is 14.9. The van der Waals surface area contributed by atoms with Crippen molar-refractivity contribution < 1.29 is 9.53 Å². The SMILES string of the molecule is CCCCCCCCCCCCCCCCCCOC(=O)c1cccc(C(C)(C)C)c1C(C)(C)C. The predicted molar refractivity (Wildman–Crippen MR) is 154 cm³/mol. The van der Waals surface area contributed by atoms with Crippen LogP contribution in [0.2, 0.25) is 0 Å². The fourth-order valence-corrected chi connectivity index (χ4v) is 5.05. The summed E-state index contributed by atoms with van der Waals surface area (Å²) in [4.78, 5) is 12.9. The lowest BCUT2D eigenvalue weighted by Crippen LogP contribution is -2.26. The molecule has 202 valence electrons. The fraction of sp³-hybridized carbons (Fsp3) is 0.788. The number of esters is 1. The summed E-state index contributed by atoms with van der Waals surface area (Å²) in [7, 11) is 0. The number of unbranched alkanes of at least 4 members (excludes halogenated alkanes) is 15. The molecule has 0 atom stereocenters. The van der Waals surface area contributed by atoms with E-state index in [-0.39, 0.29) is 16.8 Å². The van der Waals surface area contributed by atoms with Crippen molar-refractivity contribution in [2.45, 2.75) is 162 Å². The highest BCUT2D eigenvalue weighted by atomic mass is 16.5. The van der Waals surface area contributed by atoms with E-state index in [2.05, 4.69) is 54.5 Å². The van der Waals surface area contributed by atoms with Gasteiger partial charge in [0.05, 0.1) is 12.2 Å². The fourth-order valence-electron chi connectivity index (χ4n) is 5.05. The van der Waals surface area contributed by atoms with Crippen LogP contribution in [0.15, 0.2) is 18.2 Å². The molecule has 1 aromatic carbocycles. The molecule has 0 amide bonds. The van der Waals surface area contributed by atoms with Gasteiger partial charge in [0.15, 0.2) is 0 Å². The Morgan fingerprint density at radius 1 is 0.629 bits per heavy atom. The van der Waals surface area contributed by atoms with Crippen molar-refractivity contribution in [2.75, 3.05) is 6.61 Å². The van der Waals surface area contributed by atoms with Gasteiger partial charge in [-0.2, -0.15) is 0 Å². The molecule has 2 nitrogen and oxygen atoms in total. The Morgan fingerprint density at radius 2 is 1.06 bits per heavy atom. The Kier molecular flexibility index (Phi) is 15.6. The third-order valence-electron chi connectivity index (χ3n) is 7.07. The first kappa shape index (κ1) is 31.7. The van der Waals surface area contributed by atoms with Crippen molar-refractivity contribution in [1.29, 1.82) is 0 Å². The maximum absolute atomic E-state index is 12.9. The predicted octanol–water partition coefficient (Wildman–Crippen LogP) is 10.7. The number of hydrogen-bond acceptors (Lipinski definition) is 2. The Balaban J connectivity index is 2.16. The highest BCUT2D eigenvalue weighted by Crippen LogP contribution is 2.36. The standard InChI is InChI=1S/C33H58O2/c1-8-9-10-11-12-13-14-15-16-17-18-19-20-21-22-23-27-35-31(34)28-25-24-26-29(32(2,3)4)30(28)33(5,6)7/h24-26H,8-23,27H2,1-7H3. The van der Waals surface area contributed by atoms with Gasteiger partial charge < -0.3 is 4.74 Å². The van der Waals surface area contributed by atoms with Crippen LogP contribution in [-0.2, 0) is 15.6 Å². The second-order valence-electron chi connectivity index (χ2n) is 12.7. The quantitative estimate of drug-likeness (QED) is 0.152. The molecule has 0 aliphatic carbocycles. The van der Waals surface area contributed by atoms with Gasteiger partial charge in [0, 0.05) is 0 Å². The minimum absolute atomic E-state index is 0.00715. The van der Waals surface area contributed by atoms with Crippen molar-refractivity contribution >= 4 is 5.97 Å². The summed E-state index contributed by atoms with van der Waals surface area (Å²) in [5.41, 5.74) is 2.99. The monoisotopic (exact) mass is 486 g/mol. The van der Waals surface area contributed by atoms with E-state index >= 15 is 0 Å². The number of carbonyl (C=O) groups is 1.